The molecule has 0 spiro atoms. The lowest BCUT2D eigenvalue weighted by Gasteiger charge is -2.45. The average molecular weight is 673 g/mol. The Balaban J connectivity index is 1.17. The van der Waals surface area contributed by atoms with Crippen LogP contribution in [-0.2, 0) is 32.0 Å². The molecular weight excluding hydrogens is 646 g/mol. The maximum Gasteiger partial charge on any atom is 0.386 e. The summed E-state index contributed by atoms with van der Waals surface area (Å²) in [5.74, 6) is -0.166. The molecule has 0 radical (unpaired) electrons. The predicted octanol–water partition coefficient (Wildman–Crippen LogP) is 1.79. The largest absolute Gasteiger partial charge is 0.387 e. The molecule has 3 aliphatic rings. The number of rotatable bonds is 2. The van der Waals surface area contributed by atoms with Crippen LogP contribution in [-0.4, -0.2) is 82.3 Å². The van der Waals surface area contributed by atoms with Gasteiger partial charge in [-0.15, -0.1) is 0 Å². The summed E-state index contributed by atoms with van der Waals surface area (Å²) in [6.07, 6.45) is 1.14. The van der Waals surface area contributed by atoms with Crippen LogP contribution in [0.5, 0.6) is 0 Å². The Kier molecular flexibility index (Phi) is 7.44. The smallest absolute Gasteiger partial charge is 0.386 e. The van der Waals surface area contributed by atoms with Gasteiger partial charge in [0.05, 0.1) is 32.5 Å². The van der Waals surface area contributed by atoms with Crippen molar-refractivity contribution in [1.29, 1.82) is 0 Å². The molecule has 2 bridgehead atoms. The summed E-state index contributed by atoms with van der Waals surface area (Å²) in [6.45, 7) is -8.53. The number of fused-ring (bicyclic) bond motifs is 5. The number of imidazole rings is 2. The molecule has 4 aromatic heterocycles. The minimum absolute atomic E-state index is 0.0533. The normalized spacial score (nSPS) is 37.1. The molecule has 22 heteroatoms. The maximum absolute atomic E-state index is 13.5. The number of hydrogen-bond donors (Lipinski definition) is 5. The fourth-order valence-electron chi connectivity index (χ4n) is 5.66. The van der Waals surface area contributed by atoms with Gasteiger partial charge in [-0.25, -0.2) is 39.0 Å². The Bertz CT molecular complexity index is 1800. The van der Waals surface area contributed by atoms with Crippen molar-refractivity contribution >= 4 is 72.1 Å². The van der Waals surface area contributed by atoms with E-state index < -0.39 is 44.7 Å². The van der Waals surface area contributed by atoms with E-state index in [2.05, 4.69) is 54.4 Å². The van der Waals surface area contributed by atoms with Gasteiger partial charge in [0.15, 0.2) is 29.2 Å². The Morgan fingerprint density at radius 3 is 2.14 bits per heavy atom. The molecule has 3 fully saturated rings. The molecule has 0 aromatic carbocycles. The van der Waals surface area contributed by atoms with E-state index in [1.54, 1.807) is 6.33 Å². The number of nitrogens with two attached hydrogens (primary N) is 2. The van der Waals surface area contributed by atoms with Gasteiger partial charge in [0.25, 0.3) is 0 Å². The maximum atomic E-state index is 13.5. The van der Waals surface area contributed by atoms with Gasteiger partial charge < -0.3 is 34.9 Å². The second kappa shape index (κ2) is 10.9. The molecule has 2 unspecified atom stereocenters. The van der Waals surface area contributed by atoms with Crippen LogP contribution in [0.25, 0.3) is 22.3 Å². The molecule has 9 atom stereocenters. The molecule has 0 amide bonds. The molecule has 43 heavy (non-hydrogen) atoms. The number of ether oxygens (including phenoxy) is 1. The third-order valence-electron chi connectivity index (χ3n) is 7.90. The number of nitrogen functional groups attached to an aromatic ring is 2. The number of hydrogen-bond acceptors (Lipinski definition) is 16. The first-order valence-corrected chi connectivity index (χ1v) is 18.4. The van der Waals surface area contributed by atoms with E-state index >= 15 is 0 Å². The average Bonchev–Trinajstić information content (AvgIpc) is 3.64. The molecule has 6 heterocycles. The first-order chi connectivity index (χ1) is 20.5. The Morgan fingerprint density at radius 2 is 1.44 bits per heavy atom. The summed E-state index contributed by atoms with van der Waals surface area (Å²) in [6, 6.07) is -0.205. The van der Waals surface area contributed by atoms with Crippen molar-refractivity contribution in [2.75, 3.05) is 31.3 Å². The molecule has 5 N–H and O–H groups in total. The van der Waals surface area contributed by atoms with Gasteiger partial charge in [-0.05, 0) is 12.3 Å². The predicted molar refractivity (Wildman–Crippen MR) is 156 cm³/mol. The number of nitrogens with zero attached hydrogens (tertiary/aromatic N) is 8. The van der Waals surface area contributed by atoms with Gasteiger partial charge in [-0.2, -0.15) is 0 Å². The minimum atomic E-state index is -4.08. The third kappa shape index (κ3) is 5.32. The summed E-state index contributed by atoms with van der Waals surface area (Å²) in [4.78, 5) is 25.0. The molecule has 2 saturated heterocycles. The monoisotopic (exact) mass is 672 g/mol. The van der Waals surface area contributed by atoms with Crippen LogP contribution in [0.4, 0.5) is 11.6 Å². The molecular formula is C21H26N10O8P2S2. The molecule has 1 saturated carbocycles. The van der Waals surface area contributed by atoms with Crippen molar-refractivity contribution in [3.63, 3.8) is 0 Å². The van der Waals surface area contributed by atoms with Crippen LogP contribution in [0.2, 0.25) is 0 Å². The third-order valence-corrected chi connectivity index (χ3v) is 11.2. The highest BCUT2D eigenvalue weighted by Crippen LogP contribution is 2.60. The Hall–Kier alpha value is -2.38. The Labute approximate surface area is 253 Å². The highest BCUT2D eigenvalue weighted by atomic mass is 32.7. The molecule has 2 aliphatic heterocycles. The van der Waals surface area contributed by atoms with Crippen molar-refractivity contribution in [2.45, 2.75) is 37.0 Å². The molecule has 230 valence electrons. The molecule has 1 aliphatic carbocycles. The van der Waals surface area contributed by atoms with Gasteiger partial charge in [-0.3, -0.25) is 13.6 Å². The van der Waals surface area contributed by atoms with E-state index in [1.165, 1.54) is 23.5 Å². The van der Waals surface area contributed by atoms with Crippen LogP contribution in [0.3, 0.4) is 0 Å². The number of aromatic nitrogens is 8. The summed E-state index contributed by atoms with van der Waals surface area (Å²) in [5.41, 5.74) is 13.4. The van der Waals surface area contributed by atoms with Crippen LogP contribution < -0.4 is 11.5 Å². The summed E-state index contributed by atoms with van der Waals surface area (Å²) < 4.78 is 58.8. The zero-order valence-electron chi connectivity index (χ0n) is 22.0. The van der Waals surface area contributed by atoms with E-state index in [1.807, 2.05) is 4.57 Å². The molecule has 7 rings (SSSR count). The summed E-state index contributed by atoms with van der Waals surface area (Å²) in [7, 11) is 0. The summed E-state index contributed by atoms with van der Waals surface area (Å²) >= 11 is 8.34. The van der Waals surface area contributed by atoms with Crippen molar-refractivity contribution in [1.82, 2.24) is 39.0 Å². The van der Waals surface area contributed by atoms with E-state index in [9.17, 15) is 14.2 Å². The highest BCUT2D eigenvalue weighted by molar-refractivity contribution is 8.44. The fraction of sp³-hybridized carbons (Fsp3) is 0.524. The lowest BCUT2D eigenvalue weighted by molar-refractivity contribution is -0.0462. The zero-order chi connectivity index (χ0) is 30.1. The van der Waals surface area contributed by atoms with E-state index in [4.69, 9.17) is 34.3 Å². The lowest BCUT2D eigenvalue weighted by atomic mass is 9.70. The van der Waals surface area contributed by atoms with Gasteiger partial charge in [0.2, 0.25) is 0 Å². The Morgan fingerprint density at radius 1 is 0.837 bits per heavy atom. The van der Waals surface area contributed by atoms with Gasteiger partial charge in [0.1, 0.15) is 42.0 Å². The number of aliphatic hydroxyl groups excluding tert-OH is 1. The second-order valence-electron chi connectivity index (χ2n) is 10.3. The zero-order valence-corrected chi connectivity index (χ0v) is 25.6. The van der Waals surface area contributed by atoms with Crippen molar-refractivity contribution in [3.05, 3.63) is 25.3 Å². The molecule has 4 aromatic rings. The standard InChI is InChI=1S/C21H26N10O8P2S2/c22-17-13-19(26-5-24-17)30(7-28-13)11-1-9-2-35-41(34,43)39-16-15(32)12(4-37-40(33,42)36-3-10(9)11)38-21(16)31-8-29-14-18(23)25-6-27-20(14)31/h5-12,15-16,21,32H,1-4H2,(H,33,42)(H,34,43)(H2,22,24,26)(H2,23,25,27)/t9-,10-,11-,12-,15-,16-,21-,40?,41?/m1/s1. The van der Waals surface area contributed by atoms with Crippen LogP contribution in [0.15, 0.2) is 25.3 Å². The summed E-state index contributed by atoms with van der Waals surface area (Å²) in [5, 5.41) is 11.2. The SMILES string of the molecule is Nc1ncnc2c1ncn2[C@@H]1C[C@@H]2COP(=O)(S)O[C@@H]3[C@H](O)[C@@H](COP(=O)(S)OC[C@H]21)O[C@H]3n1cnc2c(N)ncnc21. The number of thiol groups is 2. The second-order valence-corrected chi connectivity index (χ2v) is 16.1. The quantitative estimate of drug-likeness (QED) is 0.151. The first kappa shape index (κ1) is 29.3. The van der Waals surface area contributed by atoms with Crippen molar-refractivity contribution < 1.29 is 37.1 Å². The molecule has 18 nitrogen and oxygen atoms in total. The van der Waals surface area contributed by atoms with Crippen LogP contribution in [0.1, 0.15) is 18.7 Å². The number of anilines is 2. The lowest BCUT2D eigenvalue weighted by Crippen LogP contribution is -2.43. The van der Waals surface area contributed by atoms with E-state index in [0.717, 1.165) is 0 Å². The van der Waals surface area contributed by atoms with E-state index in [0.29, 0.717) is 17.6 Å². The van der Waals surface area contributed by atoms with Gasteiger partial charge in [-0.1, -0.05) is 24.5 Å². The first-order valence-electron chi connectivity index (χ1n) is 13.0. The highest BCUT2D eigenvalue weighted by Gasteiger charge is 2.51. The fourth-order valence-corrected chi connectivity index (χ4v) is 8.33. The van der Waals surface area contributed by atoms with Crippen LogP contribution >= 0.6 is 38.1 Å². The van der Waals surface area contributed by atoms with E-state index in [-0.39, 0.29) is 53.9 Å². The van der Waals surface area contributed by atoms with Crippen LogP contribution in [0, 0.1) is 11.8 Å². The number of aliphatic hydroxyl groups is 1. The van der Waals surface area contributed by atoms with Crippen molar-refractivity contribution in [2.24, 2.45) is 11.8 Å². The minimum Gasteiger partial charge on any atom is -0.387 e. The van der Waals surface area contributed by atoms with Gasteiger partial charge in [0, 0.05) is 12.0 Å². The topological polar surface area (TPSA) is 240 Å². The van der Waals surface area contributed by atoms with Gasteiger partial charge >= 0.3 is 13.6 Å². The van der Waals surface area contributed by atoms with Crippen molar-refractivity contribution in [3.8, 4) is 0 Å².